The van der Waals surface area contributed by atoms with Gasteiger partial charge in [0.2, 0.25) is 17.7 Å². The zero-order valence-electron chi connectivity index (χ0n) is 17.6. The molecule has 158 valence electrons. The number of anilines is 1. The van der Waals surface area contributed by atoms with E-state index in [0.717, 1.165) is 5.56 Å². The number of carbonyl (C=O) groups is 2. The van der Waals surface area contributed by atoms with Crippen LogP contribution in [0.25, 0.3) is 0 Å². The van der Waals surface area contributed by atoms with Crippen molar-refractivity contribution < 1.29 is 23.5 Å². The van der Waals surface area contributed by atoms with Gasteiger partial charge in [0.1, 0.15) is 17.4 Å². The Bertz CT molecular complexity index is 1000. The van der Waals surface area contributed by atoms with Gasteiger partial charge >= 0.3 is 0 Å². The van der Waals surface area contributed by atoms with E-state index in [4.69, 9.17) is 13.9 Å². The van der Waals surface area contributed by atoms with Crippen LogP contribution in [0.5, 0.6) is 11.5 Å². The third-order valence-corrected chi connectivity index (χ3v) is 5.44. The molecule has 0 aliphatic carbocycles. The molecule has 1 atom stereocenters. The molecule has 1 unspecified atom stereocenters. The van der Waals surface area contributed by atoms with E-state index in [0.29, 0.717) is 47.9 Å². The fraction of sp³-hybridized carbons (Fsp3) is 0.409. The zero-order valence-corrected chi connectivity index (χ0v) is 17.6. The van der Waals surface area contributed by atoms with Crippen LogP contribution in [0.1, 0.15) is 28.9 Å². The molecule has 30 heavy (non-hydrogen) atoms. The highest BCUT2D eigenvalue weighted by Crippen LogP contribution is 2.29. The highest BCUT2D eigenvalue weighted by Gasteiger charge is 2.35. The monoisotopic (exact) mass is 411 g/mol. The molecule has 2 heterocycles. The zero-order chi connectivity index (χ0) is 21.8. The maximum Gasteiger partial charge on any atom is 0.232 e. The molecule has 1 fully saturated rings. The van der Waals surface area contributed by atoms with Gasteiger partial charge < -0.3 is 18.8 Å². The molecule has 1 aromatic heterocycles. The van der Waals surface area contributed by atoms with Crippen LogP contribution >= 0.6 is 0 Å². The van der Waals surface area contributed by atoms with Crippen LogP contribution in [0.3, 0.4) is 0 Å². The summed E-state index contributed by atoms with van der Waals surface area (Å²) >= 11 is 0. The molecule has 1 N–H and O–H groups in total. The molecule has 0 saturated carbocycles. The van der Waals surface area contributed by atoms with Gasteiger partial charge in [0.25, 0.3) is 0 Å². The van der Waals surface area contributed by atoms with E-state index in [1.807, 2.05) is 24.3 Å². The standard InChI is InChI=1S/C22H25N3O5/c1-13-14(2)30-22(17(13)11-23)24-21(27)16-10-20(26)25(12-16)8-7-15-5-6-18(28-3)19(9-15)29-4/h5-6,9,16H,7-8,10,12H2,1-4H3,(H,24,27). The van der Waals surface area contributed by atoms with Crippen LogP contribution in [0.2, 0.25) is 0 Å². The van der Waals surface area contributed by atoms with Gasteiger partial charge in [-0.1, -0.05) is 6.07 Å². The molecule has 0 bridgehead atoms. The van der Waals surface area contributed by atoms with Crippen LogP contribution in [0, 0.1) is 31.1 Å². The summed E-state index contributed by atoms with van der Waals surface area (Å²) in [6.45, 7) is 4.34. The van der Waals surface area contributed by atoms with Gasteiger partial charge in [-0.3, -0.25) is 14.9 Å². The summed E-state index contributed by atoms with van der Waals surface area (Å²) in [6.07, 6.45) is 0.772. The van der Waals surface area contributed by atoms with Gasteiger partial charge in [-0.15, -0.1) is 0 Å². The predicted octanol–water partition coefficient (Wildman–Crippen LogP) is 2.82. The first-order valence-corrected chi connectivity index (χ1v) is 9.67. The Morgan fingerprint density at radius 3 is 2.70 bits per heavy atom. The van der Waals surface area contributed by atoms with Crippen molar-refractivity contribution in [1.29, 1.82) is 5.26 Å². The number of carbonyl (C=O) groups excluding carboxylic acids is 2. The highest BCUT2D eigenvalue weighted by molar-refractivity contribution is 5.97. The first kappa shape index (κ1) is 21.2. The van der Waals surface area contributed by atoms with Gasteiger partial charge in [-0.05, 0) is 38.0 Å². The van der Waals surface area contributed by atoms with Crippen molar-refractivity contribution in [3.63, 3.8) is 0 Å². The number of nitriles is 1. The predicted molar refractivity (Wildman–Crippen MR) is 109 cm³/mol. The van der Waals surface area contributed by atoms with E-state index in [-0.39, 0.29) is 24.1 Å². The fourth-order valence-corrected chi connectivity index (χ4v) is 3.53. The van der Waals surface area contributed by atoms with Gasteiger partial charge in [0, 0.05) is 25.1 Å². The van der Waals surface area contributed by atoms with E-state index in [2.05, 4.69) is 5.32 Å². The van der Waals surface area contributed by atoms with Crippen LogP contribution in [0.4, 0.5) is 5.88 Å². The van der Waals surface area contributed by atoms with Gasteiger partial charge in [0.05, 0.1) is 20.1 Å². The summed E-state index contributed by atoms with van der Waals surface area (Å²) in [5.74, 6) is 1.15. The van der Waals surface area contributed by atoms with Crippen molar-refractivity contribution in [3.8, 4) is 17.6 Å². The topological polar surface area (TPSA) is 105 Å². The third kappa shape index (κ3) is 4.25. The van der Waals surface area contributed by atoms with Crippen LogP contribution in [-0.2, 0) is 16.0 Å². The lowest BCUT2D eigenvalue weighted by molar-refractivity contribution is -0.128. The SMILES string of the molecule is COc1ccc(CCN2CC(C(=O)Nc3oc(C)c(C)c3C#N)CC2=O)cc1OC. The molecular formula is C22H25N3O5. The summed E-state index contributed by atoms with van der Waals surface area (Å²) < 4.78 is 16.0. The minimum absolute atomic E-state index is 0.0667. The van der Waals surface area contributed by atoms with Gasteiger partial charge in [0.15, 0.2) is 11.5 Å². The Morgan fingerprint density at radius 2 is 2.03 bits per heavy atom. The number of hydrogen-bond acceptors (Lipinski definition) is 6. The molecule has 8 nitrogen and oxygen atoms in total. The average Bonchev–Trinajstić information content (AvgIpc) is 3.24. The van der Waals surface area contributed by atoms with Gasteiger partial charge in [-0.25, -0.2) is 0 Å². The molecule has 8 heteroatoms. The number of hydrogen-bond donors (Lipinski definition) is 1. The maximum absolute atomic E-state index is 12.6. The summed E-state index contributed by atoms with van der Waals surface area (Å²) in [5, 5.41) is 12.0. The number of nitrogens with one attached hydrogen (secondary N) is 1. The minimum atomic E-state index is -0.486. The smallest absolute Gasteiger partial charge is 0.232 e. The second-order valence-electron chi connectivity index (χ2n) is 7.27. The van der Waals surface area contributed by atoms with E-state index >= 15 is 0 Å². The van der Waals surface area contributed by atoms with E-state index < -0.39 is 5.92 Å². The largest absolute Gasteiger partial charge is 0.493 e. The third-order valence-electron chi connectivity index (χ3n) is 5.44. The summed E-state index contributed by atoms with van der Waals surface area (Å²) in [4.78, 5) is 26.7. The summed E-state index contributed by atoms with van der Waals surface area (Å²) in [6, 6.07) is 7.69. The average molecular weight is 411 g/mol. The summed E-state index contributed by atoms with van der Waals surface area (Å²) in [5.41, 5.74) is 2.02. The summed E-state index contributed by atoms with van der Waals surface area (Å²) in [7, 11) is 3.16. The molecule has 1 aliphatic rings. The quantitative estimate of drug-likeness (QED) is 0.751. The molecule has 1 saturated heterocycles. The number of likely N-dealkylation sites (tertiary alicyclic amines) is 1. The van der Waals surface area contributed by atoms with E-state index in [1.165, 1.54) is 0 Å². The Hall–Kier alpha value is -3.47. The van der Waals surface area contributed by atoms with E-state index in [9.17, 15) is 14.9 Å². The molecule has 3 rings (SSSR count). The molecule has 2 aromatic rings. The molecule has 0 radical (unpaired) electrons. The van der Waals surface area contributed by atoms with Crippen molar-refractivity contribution in [2.24, 2.45) is 5.92 Å². The van der Waals surface area contributed by atoms with Crippen molar-refractivity contribution in [2.45, 2.75) is 26.7 Å². The number of methoxy groups -OCH3 is 2. The normalized spacial score (nSPS) is 15.8. The molecule has 1 aliphatic heterocycles. The maximum atomic E-state index is 12.6. The molecule has 1 aromatic carbocycles. The second kappa shape index (κ2) is 8.91. The number of furan rings is 1. The Morgan fingerprint density at radius 1 is 1.30 bits per heavy atom. The second-order valence-corrected chi connectivity index (χ2v) is 7.27. The molecule has 0 spiro atoms. The van der Waals surface area contributed by atoms with Crippen LogP contribution < -0.4 is 14.8 Å². The fourth-order valence-electron chi connectivity index (χ4n) is 3.53. The van der Waals surface area contributed by atoms with Crippen molar-refractivity contribution in [3.05, 3.63) is 40.6 Å². The number of ether oxygens (including phenoxy) is 2. The van der Waals surface area contributed by atoms with Crippen molar-refractivity contribution in [1.82, 2.24) is 4.90 Å². The lowest BCUT2D eigenvalue weighted by Crippen LogP contribution is -2.30. The first-order valence-electron chi connectivity index (χ1n) is 9.67. The van der Waals surface area contributed by atoms with Gasteiger partial charge in [-0.2, -0.15) is 5.26 Å². The lowest BCUT2D eigenvalue weighted by atomic mass is 10.1. The van der Waals surface area contributed by atoms with E-state index in [1.54, 1.807) is 33.0 Å². The Kier molecular flexibility index (Phi) is 6.31. The van der Waals surface area contributed by atoms with Crippen LogP contribution in [0.15, 0.2) is 22.6 Å². The number of benzene rings is 1. The number of nitrogens with zero attached hydrogens (tertiary/aromatic N) is 2. The van der Waals surface area contributed by atoms with Crippen molar-refractivity contribution >= 4 is 17.7 Å². The number of rotatable bonds is 7. The highest BCUT2D eigenvalue weighted by atomic mass is 16.5. The molecule has 2 amide bonds. The minimum Gasteiger partial charge on any atom is -0.493 e. The van der Waals surface area contributed by atoms with Crippen molar-refractivity contribution in [2.75, 3.05) is 32.6 Å². The molecular weight excluding hydrogens is 386 g/mol. The lowest BCUT2D eigenvalue weighted by Gasteiger charge is -2.17. The first-order chi connectivity index (χ1) is 14.4. The number of aryl methyl sites for hydroxylation is 1. The number of amides is 2. The Balaban J connectivity index is 1.60. The Labute approximate surface area is 175 Å². The van der Waals surface area contributed by atoms with Crippen LogP contribution in [-0.4, -0.2) is 44.0 Å².